The van der Waals surface area contributed by atoms with Crippen LogP contribution in [0, 0.1) is 0 Å². The molecule has 0 bridgehead atoms. The minimum Gasteiger partial charge on any atom is -0.444 e. The first kappa shape index (κ1) is 13.6. The van der Waals surface area contributed by atoms with Gasteiger partial charge in [-0.15, -0.1) is 0 Å². The van der Waals surface area contributed by atoms with Crippen LogP contribution in [0.5, 0.6) is 0 Å². The average Bonchev–Trinajstić information content (AvgIpc) is 2.24. The average molecular weight is 256 g/mol. The molecule has 2 aliphatic rings. The van der Waals surface area contributed by atoms with E-state index in [2.05, 4.69) is 0 Å². The Labute approximate surface area is 109 Å². The number of morpholine rings is 1. The second-order valence-corrected chi connectivity index (χ2v) is 6.37. The zero-order valence-corrected chi connectivity index (χ0v) is 11.6. The highest BCUT2D eigenvalue weighted by atomic mass is 16.6. The zero-order valence-electron chi connectivity index (χ0n) is 11.6. The van der Waals surface area contributed by atoms with Crippen molar-refractivity contribution in [2.24, 2.45) is 5.73 Å². The number of nitrogens with zero attached hydrogens (tertiary/aromatic N) is 1. The molecule has 0 aromatic heterocycles. The molecule has 1 unspecified atom stereocenters. The van der Waals surface area contributed by atoms with E-state index in [1.807, 2.05) is 20.8 Å². The van der Waals surface area contributed by atoms with Crippen molar-refractivity contribution in [1.29, 1.82) is 0 Å². The minimum absolute atomic E-state index is 0.0634. The first-order chi connectivity index (χ1) is 8.34. The standard InChI is InChI=1S/C13H24N2O3/c1-12(2,3)18-11(16)15-8-10(7-14)17-13(9-15)5-4-6-13/h10H,4-9,14H2,1-3H3. The van der Waals surface area contributed by atoms with Gasteiger partial charge in [-0.05, 0) is 40.0 Å². The Morgan fingerprint density at radius 1 is 1.50 bits per heavy atom. The highest BCUT2D eigenvalue weighted by Gasteiger charge is 2.46. The number of hydrogen-bond donors (Lipinski definition) is 1. The molecule has 18 heavy (non-hydrogen) atoms. The highest BCUT2D eigenvalue weighted by molar-refractivity contribution is 5.68. The molecule has 2 rings (SSSR count). The van der Waals surface area contributed by atoms with Crippen LogP contribution in [0.2, 0.25) is 0 Å². The fraction of sp³-hybridized carbons (Fsp3) is 0.923. The van der Waals surface area contributed by atoms with Gasteiger partial charge < -0.3 is 20.1 Å². The normalized spacial score (nSPS) is 26.9. The quantitative estimate of drug-likeness (QED) is 0.772. The van der Waals surface area contributed by atoms with Crippen LogP contribution in [0.3, 0.4) is 0 Å². The van der Waals surface area contributed by atoms with Crippen molar-refractivity contribution in [2.75, 3.05) is 19.6 Å². The van der Waals surface area contributed by atoms with Crippen molar-refractivity contribution < 1.29 is 14.3 Å². The van der Waals surface area contributed by atoms with E-state index >= 15 is 0 Å². The number of ether oxygens (including phenoxy) is 2. The first-order valence-electron chi connectivity index (χ1n) is 6.69. The minimum atomic E-state index is -0.458. The predicted molar refractivity (Wildman–Crippen MR) is 68.3 cm³/mol. The summed E-state index contributed by atoms with van der Waals surface area (Å²) < 4.78 is 11.4. The van der Waals surface area contributed by atoms with Gasteiger partial charge in [-0.1, -0.05) is 0 Å². The number of rotatable bonds is 1. The Kier molecular flexibility index (Phi) is 3.56. The van der Waals surface area contributed by atoms with Gasteiger partial charge in [-0.2, -0.15) is 0 Å². The number of hydrogen-bond acceptors (Lipinski definition) is 4. The molecule has 0 aromatic rings. The molecule has 104 valence electrons. The van der Waals surface area contributed by atoms with Crippen molar-refractivity contribution in [3.8, 4) is 0 Å². The third-order valence-electron chi connectivity index (χ3n) is 3.50. The Balaban J connectivity index is 2.01. The van der Waals surface area contributed by atoms with Crippen LogP contribution >= 0.6 is 0 Å². The summed E-state index contributed by atoms with van der Waals surface area (Å²) in [6.45, 7) is 7.26. The number of carbonyl (C=O) groups is 1. The van der Waals surface area contributed by atoms with Gasteiger partial charge in [0.2, 0.25) is 0 Å². The van der Waals surface area contributed by atoms with E-state index in [4.69, 9.17) is 15.2 Å². The van der Waals surface area contributed by atoms with Crippen molar-refractivity contribution in [1.82, 2.24) is 4.90 Å². The second kappa shape index (κ2) is 4.70. The molecule has 1 atom stereocenters. The Hall–Kier alpha value is -0.810. The molecule has 1 aliphatic heterocycles. The summed E-state index contributed by atoms with van der Waals surface area (Å²) in [5, 5.41) is 0. The second-order valence-electron chi connectivity index (χ2n) is 6.37. The molecule has 1 amide bonds. The Bertz CT molecular complexity index is 321. The van der Waals surface area contributed by atoms with Gasteiger partial charge in [0, 0.05) is 6.54 Å². The summed E-state index contributed by atoms with van der Waals surface area (Å²) in [5.74, 6) is 0. The molecule has 0 radical (unpaired) electrons. The maximum Gasteiger partial charge on any atom is 0.410 e. The lowest BCUT2D eigenvalue weighted by atomic mass is 9.78. The fourth-order valence-corrected chi connectivity index (χ4v) is 2.52. The van der Waals surface area contributed by atoms with E-state index in [9.17, 15) is 4.79 Å². The predicted octanol–water partition coefficient (Wildman–Crippen LogP) is 1.50. The number of amides is 1. The number of carbonyl (C=O) groups excluding carboxylic acids is 1. The van der Waals surface area contributed by atoms with Gasteiger partial charge in [0.25, 0.3) is 0 Å². The van der Waals surface area contributed by atoms with Crippen LogP contribution in [0.1, 0.15) is 40.0 Å². The van der Waals surface area contributed by atoms with Crippen molar-refractivity contribution in [3.63, 3.8) is 0 Å². The maximum absolute atomic E-state index is 12.1. The first-order valence-corrected chi connectivity index (χ1v) is 6.69. The maximum atomic E-state index is 12.1. The summed E-state index contributed by atoms with van der Waals surface area (Å²) in [6, 6.07) is 0. The molecule has 2 fully saturated rings. The van der Waals surface area contributed by atoms with E-state index < -0.39 is 5.60 Å². The highest BCUT2D eigenvalue weighted by Crippen LogP contribution is 2.39. The van der Waals surface area contributed by atoms with E-state index in [1.54, 1.807) is 4.90 Å². The summed E-state index contributed by atoms with van der Waals surface area (Å²) >= 11 is 0. The summed E-state index contributed by atoms with van der Waals surface area (Å²) in [4.78, 5) is 13.9. The van der Waals surface area contributed by atoms with Gasteiger partial charge in [0.15, 0.2) is 0 Å². The molecule has 1 heterocycles. The SMILES string of the molecule is CC(C)(C)OC(=O)N1CC(CN)OC2(CCC2)C1. The van der Waals surface area contributed by atoms with E-state index in [1.165, 1.54) is 6.42 Å². The lowest BCUT2D eigenvalue weighted by Gasteiger charge is -2.51. The van der Waals surface area contributed by atoms with Crippen LogP contribution in [-0.2, 0) is 9.47 Å². The largest absolute Gasteiger partial charge is 0.444 e. The third kappa shape index (κ3) is 2.95. The molecule has 5 heteroatoms. The van der Waals surface area contributed by atoms with E-state index in [0.29, 0.717) is 19.6 Å². The molecular formula is C13H24N2O3. The van der Waals surface area contributed by atoms with Gasteiger partial charge >= 0.3 is 6.09 Å². The molecule has 1 saturated carbocycles. The van der Waals surface area contributed by atoms with Crippen LogP contribution in [0.25, 0.3) is 0 Å². The van der Waals surface area contributed by atoms with Gasteiger partial charge in [0.05, 0.1) is 24.8 Å². The monoisotopic (exact) mass is 256 g/mol. The van der Waals surface area contributed by atoms with E-state index in [0.717, 1.165) is 12.8 Å². The molecule has 1 spiro atoms. The topological polar surface area (TPSA) is 64.8 Å². The van der Waals surface area contributed by atoms with Crippen LogP contribution in [0.4, 0.5) is 4.79 Å². The summed E-state index contributed by atoms with van der Waals surface area (Å²) in [6.07, 6.45) is 2.88. The molecule has 2 N–H and O–H groups in total. The summed E-state index contributed by atoms with van der Waals surface area (Å²) in [5.41, 5.74) is 5.08. The fourth-order valence-electron chi connectivity index (χ4n) is 2.52. The molecular weight excluding hydrogens is 232 g/mol. The van der Waals surface area contributed by atoms with Crippen molar-refractivity contribution in [3.05, 3.63) is 0 Å². The molecule has 5 nitrogen and oxygen atoms in total. The summed E-state index contributed by atoms with van der Waals surface area (Å²) in [7, 11) is 0. The van der Waals surface area contributed by atoms with Crippen LogP contribution < -0.4 is 5.73 Å². The van der Waals surface area contributed by atoms with Crippen molar-refractivity contribution >= 4 is 6.09 Å². The van der Waals surface area contributed by atoms with Gasteiger partial charge in [-0.25, -0.2) is 4.79 Å². The zero-order chi connectivity index (χ0) is 13.4. The van der Waals surface area contributed by atoms with Crippen molar-refractivity contribution in [2.45, 2.75) is 57.3 Å². The van der Waals surface area contributed by atoms with Gasteiger partial charge in [-0.3, -0.25) is 0 Å². The third-order valence-corrected chi connectivity index (χ3v) is 3.50. The van der Waals surface area contributed by atoms with E-state index in [-0.39, 0.29) is 17.8 Å². The Morgan fingerprint density at radius 3 is 2.61 bits per heavy atom. The smallest absolute Gasteiger partial charge is 0.410 e. The Morgan fingerprint density at radius 2 is 2.17 bits per heavy atom. The lowest BCUT2D eigenvalue weighted by molar-refractivity contribution is -0.183. The molecule has 1 aliphatic carbocycles. The van der Waals surface area contributed by atoms with Crippen LogP contribution in [-0.4, -0.2) is 47.9 Å². The molecule has 1 saturated heterocycles. The van der Waals surface area contributed by atoms with Crippen LogP contribution in [0.15, 0.2) is 0 Å². The van der Waals surface area contributed by atoms with Gasteiger partial charge in [0.1, 0.15) is 5.60 Å². The number of nitrogens with two attached hydrogens (primary N) is 1. The lowest BCUT2D eigenvalue weighted by Crippen LogP contribution is -2.61. The molecule has 0 aromatic carbocycles.